The summed E-state index contributed by atoms with van der Waals surface area (Å²) in [6.07, 6.45) is 6.30. The second-order valence-electron chi connectivity index (χ2n) is 6.69. The van der Waals surface area contributed by atoms with Crippen molar-refractivity contribution in [3.8, 4) is 0 Å². The average molecular weight is 341 g/mol. The summed E-state index contributed by atoms with van der Waals surface area (Å²) >= 11 is 1.79. The topological polar surface area (TPSA) is 51.0 Å². The van der Waals surface area contributed by atoms with Crippen LogP contribution in [0.3, 0.4) is 0 Å². The normalized spacial score (nSPS) is 17.4. The fraction of sp³-hybridized carbons (Fsp3) is 0.474. The summed E-state index contributed by atoms with van der Waals surface area (Å²) in [5.41, 5.74) is 1.33. The van der Waals surface area contributed by atoms with E-state index in [1.807, 2.05) is 0 Å². The van der Waals surface area contributed by atoms with Gasteiger partial charge in [-0.2, -0.15) is 4.98 Å². The van der Waals surface area contributed by atoms with Gasteiger partial charge in [0.1, 0.15) is 0 Å². The van der Waals surface area contributed by atoms with E-state index in [1.54, 1.807) is 11.3 Å². The van der Waals surface area contributed by atoms with Gasteiger partial charge >= 0.3 is 0 Å². The lowest BCUT2D eigenvalue weighted by atomic mass is 9.89. The van der Waals surface area contributed by atoms with Gasteiger partial charge in [0.05, 0.1) is 6.04 Å². The Hall–Kier alpha value is -1.72. The van der Waals surface area contributed by atoms with Gasteiger partial charge in [0, 0.05) is 17.2 Å². The molecule has 0 amide bonds. The molecular weight excluding hydrogens is 318 g/mol. The first-order valence-corrected chi connectivity index (χ1v) is 9.71. The molecule has 0 saturated heterocycles. The van der Waals surface area contributed by atoms with Crippen molar-refractivity contribution in [1.29, 1.82) is 0 Å². The summed E-state index contributed by atoms with van der Waals surface area (Å²) in [7, 11) is 0. The number of nitrogens with zero attached hydrogens (tertiary/aromatic N) is 2. The second kappa shape index (κ2) is 7.03. The van der Waals surface area contributed by atoms with E-state index in [0.717, 1.165) is 12.4 Å². The maximum atomic E-state index is 5.52. The number of thiophene rings is 1. The largest absolute Gasteiger partial charge is 0.338 e. The van der Waals surface area contributed by atoms with Crippen LogP contribution in [0.2, 0.25) is 0 Å². The Balaban J connectivity index is 1.41. The predicted octanol–water partition coefficient (Wildman–Crippen LogP) is 5.18. The van der Waals surface area contributed by atoms with Crippen LogP contribution < -0.4 is 5.32 Å². The number of rotatable bonds is 5. The van der Waals surface area contributed by atoms with Gasteiger partial charge in [-0.05, 0) is 42.2 Å². The van der Waals surface area contributed by atoms with E-state index in [9.17, 15) is 0 Å². The third kappa shape index (κ3) is 3.23. The Bertz CT molecular complexity index is 804. The van der Waals surface area contributed by atoms with E-state index in [0.29, 0.717) is 11.8 Å². The number of benzene rings is 1. The first-order valence-electron chi connectivity index (χ1n) is 8.83. The van der Waals surface area contributed by atoms with Crippen molar-refractivity contribution in [2.75, 3.05) is 0 Å². The molecule has 1 aromatic carbocycles. The van der Waals surface area contributed by atoms with Crippen molar-refractivity contribution < 1.29 is 4.52 Å². The third-order valence-electron chi connectivity index (χ3n) is 4.96. The number of nitrogens with one attached hydrogen (secondary N) is 1. The van der Waals surface area contributed by atoms with Crippen LogP contribution in [0, 0.1) is 0 Å². The maximum Gasteiger partial charge on any atom is 0.243 e. The molecule has 1 N–H and O–H groups in total. The number of aromatic nitrogens is 2. The third-order valence-corrected chi connectivity index (χ3v) is 5.97. The highest BCUT2D eigenvalue weighted by Gasteiger charge is 2.22. The lowest BCUT2D eigenvalue weighted by Crippen LogP contribution is -2.18. The molecule has 0 bridgehead atoms. The second-order valence-corrected chi connectivity index (χ2v) is 7.60. The van der Waals surface area contributed by atoms with E-state index < -0.39 is 0 Å². The standard InChI is InChI=1S/C19H23N3OS/c1-13(19-21-18(22-23-19)14-7-3-2-4-8-14)20-11-15-12-24-17-10-6-5-9-16(15)17/h5-6,9-10,12-14,20H,2-4,7-8,11H2,1H3. The van der Waals surface area contributed by atoms with E-state index in [-0.39, 0.29) is 6.04 Å². The summed E-state index contributed by atoms with van der Waals surface area (Å²) in [6.45, 7) is 2.90. The molecule has 126 valence electrons. The zero-order valence-electron chi connectivity index (χ0n) is 14.0. The van der Waals surface area contributed by atoms with Crippen molar-refractivity contribution in [2.45, 2.75) is 57.5 Å². The van der Waals surface area contributed by atoms with Gasteiger partial charge in [0.15, 0.2) is 5.82 Å². The van der Waals surface area contributed by atoms with E-state index >= 15 is 0 Å². The molecule has 0 spiro atoms. The monoisotopic (exact) mass is 341 g/mol. The first kappa shape index (κ1) is 15.8. The van der Waals surface area contributed by atoms with Crippen molar-refractivity contribution in [3.63, 3.8) is 0 Å². The van der Waals surface area contributed by atoms with E-state index in [1.165, 1.54) is 47.8 Å². The summed E-state index contributed by atoms with van der Waals surface area (Å²) in [5, 5.41) is 11.3. The van der Waals surface area contributed by atoms with Gasteiger partial charge in [-0.3, -0.25) is 0 Å². The molecule has 2 heterocycles. The Morgan fingerprint density at radius 2 is 2.08 bits per heavy atom. The van der Waals surface area contributed by atoms with Gasteiger partial charge in [0.25, 0.3) is 0 Å². The molecule has 1 aliphatic rings. The van der Waals surface area contributed by atoms with Gasteiger partial charge in [-0.25, -0.2) is 0 Å². The molecule has 4 rings (SSSR count). The molecule has 2 aromatic heterocycles. The summed E-state index contributed by atoms with van der Waals surface area (Å²) < 4.78 is 6.85. The van der Waals surface area contributed by atoms with Crippen LogP contribution in [0.5, 0.6) is 0 Å². The Morgan fingerprint density at radius 3 is 2.96 bits per heavy atom. The summed E-state index contributed by atoms with van der Waals surface area (Å²) in [6, 6.07) is 8.59. The molecule has 24 heavy (non-hydrogen) atoms. The lowest BCUT2D eigenvalue weighted by molar-refractivity contribution is 0.329. The van der Waals surface area contributed by atoms with Gasteiger partial charge in [-0.1, -0.05) is 42.6 Å². The molecule has 3 aromatic rings. The van der Waals surface area contributed by atoms with Crippen LogP contribution >= 0.6 is 11.3 Å². The zero-order chi connectivity index (χ0) is 16.4. The van der Waals surface area contributed by atoms with Gasteiger partial charge in [0.2, 0.25) is 5.89 Å². The number of hydrogen-bond acceptors (Lipinski definition) is 5. The van der Waals surface area contributed by atoms with E-state index in [4.69, 9.17) is 4.52 Å². The fourth-order valence-electron chi connectivity index (χ4n) is 3.47. The van der Waals surface area contributed by atoms with Crippen LogP contribution in [0.4, 0.5) is 0 Å². The molecule has 5 heteroatoms. The summed E-state index contributed by atoms with van der Waals surface area (Å²) in [4.78, 5) is 4.66. The number of fused-ring (bicyclic) bond motifs is 1. The van der Waals surface area contributed by atoms with Crippen LogP contribution in [-0.4, -0.2) is 10.1 Å². The fourth-order valence-corrected chi connectivity index (χ4v) is 4.43. The minimum Gasteiger partial charge on any atom is -0.338 e. The predicted molar refractivity (Wildman–Crippen MR) is 97.2 cm³/mol. The van der Waals surface area contributed by atoms with Gasteiger partial charge < -0.3 is 9.84 Å². The summed E-state index contributed by atoms with van der Waals surface area (Å²) in [5.74, 6) is 2.10. The molecule has 4 nitrogen and oxygen atoms in total. The van der Waals surface area contributed by atoms with Crippen molar-refractivity contribution in [3.05, 3.63) is 46.9 Å². The number of hydrogen-bond donors (Lipinski definition) is 1. The average Bonchev–Trinajstić information content (AvgIpc) is 3.28. The van der Waals surface area contributed by atoms with E-state index in [2.05, 4.69) is 52.0 Å². The van der Waals surface area contributed by atoms with Crippen molar-refractivity contribution in [1.82, 2.24) is 15.5 Å². The van der Waals surface area contributed by atoms with Gasteiger partial charge in [-0.15, -0.1) is 11.3 Å². The van der Waals surface area contributed by atoms with Crippen LogP contribution in [-0.2, 0) is 6.54 Å². The SMILES string of the molecule is CC(NCc1csc2ccccc12)c1nc(C2CCCCC2)no1. The molecule has 0 radical (unpaired) electrons. The maximum absolute atomic E-state index is 5.52. The highest BCUT2D eigenvalue weighted by Crippen LogP contribution is 2.31. The molecule has 1 aliphatic carbocycles. The zero-order valence-corrected chi connectivity index (χ0v) is 14.8. The van der Waals surface area contributed by atoms with Crippen molar-refractivity contribution >= 4 is 21.4 Å². The first-order chi connectivity index (χ1) is 11.8. The Kier molecular flexibility index (Phi) is 4.63. The molecule has 1 fully saturated rings. The minimum absolute atomic E-state index is 0.0634. The Labute approximate surface area is 146 Å². The van der Waals surface area contributed by atoms with Crippen LogP contribution in [0.1, 0.15) is 68.3 Å². The molecule has 1 atom stereocenters. The highest BCUT2D eigenvalue weighted by atomic mass is 32.1. The van der Waals surface area contributed by atoms with Crippen LogP contribution in [0.15, 0.2) is 34.2 Å². The van der Waals surface area contributed by atoms with Crippen molar-refractivity contribution in [2.24, 2.45) is 0 Å². The Morgan fingerprint density at radius 1 is 1.25 bits per heavy atom. The minimum atomic E-state index is 0.0634. The molecule has 0 aliphatic heterocycles. The molecule has 1 unspecified atom stereocenters. The molecular formula is C19H23N3OS. The lowest BCUT2D eigenvalue weighted by Gasteiger charge is -2.17. The van der Waals surface area contributed by atoms with Crippen LogP contribution in [0.25, 0.3) is 10.1 Å². The highest BCUT2D eigenvalue weighted by molar-refractivity contribution is 7.17. The molecule has 1 saturated carbocycles. The quantitative estimate of drug-likeness (QED) is 0.694. The smallest absolute Gasteiger partial charge is 0.243 e.